The van der Waals surface area contributed by atoms with Gasteiger partial charge in [-0.1, -0.05) is 24.3 Å². The number of anilines is 1. The highest BCUT2D eigenvalue weighted by Gasteiger charge is 2.32. The van der Waals surface area contributed by atoms with Gasteiger partial charge in [0.25, 0.3) is 0 Å². The Bertz CT molecular complexity index is 1180. The summed E-state index contributed by atoms with van der Waals surface area (Å²) in [5, 5.41) is 1.99. The van der Waals surface area contributed by atoms with Crippen LogP contribution in [-0.2, 0) is 0 Å². The molecule has 0 saturated heterocycles. The fourth-order valence-corrected chi connectivity index (χ4v) is 3.26. The van der Waals surface area contributed by atoms with E-state index in [1.54, 1.807) is 12.1 Å². The van der Waals surface area contributed by atoms with E-state index in [1.165, 1.54) is 11.1 Å². The predicted molar refractivity (Wildman–Crippen MR) is 104 cm³/mol. The van der Waals surface area contributed by atoms with Crippen molar-refractivity contribution < 1.29 is 13.9 Å². The van der Waals surface area contributed by atoms with Gasteiger partial charge in [0.2, 0.25) is 0 Å². The zero-order chi connectivity index (χ0) is 19.3. The number of hydrogen-bond donors (Lipinski definition) is 1. The van der Waals surface area contributed by atoms with Crippen LogP contribution in [0, 0.1) is 20.8 Å². The number of hydrazine groups is 1. The molecule has 136 valence electrons. The van der Waals surface area contributed by atoms with Crippen LogP contribution in [0.25, 0.3) is 16.7 Å². The first-order valence-corrected chi connectivity index (χ1v) is 8.48. The van der Waals surface area contributed by atoms with Crippen molar-refractivity contribution in [1.82, 2.24) is 5.01 Å². The molecule has 6 heteroatoms. The summed E-state index contributed by atoms with van der Waals surface area (Å²) in [5.74, 6) is 0.310. The molecule has 0 atom stereocenters. The van der Waals surface area contributed by atoms with Gasteiger partial charge >= 0.3 is 11.7 Å². The molecule has 1 aliphatic rings. The Kier molecular flexibility index (Phi) is 3.77. The van der Waals surface area contributed by atoms with E-state index >= 15 is 0 Å². The number of hydrogen-bond acceptors (Lipinski definition) is 5. The van der Waals surface area contributed by atoms with Crippen molar-refractivity contribution in [3.8, 4) is 5.75 Å². The van der Waals surface area contributed by atoms with Crippen molar-refractivity contribution in [2.45, 2.75) is 20.8 Å². The quantitative estimate of drug-likeness (QED) is 0.678. The van der Waals surface area contributed by atoms with Crippen molar-refractivity contribution >= 4 is 28.4 Å². The highest BCUT2D eigenvalue weighted by molar-refractivity contribution is 5.99. The molecule has 0 unspecified atom stereocenters. The SMILES string of the molecule is C=C1c2c(ccc3c(C)cc(=O)oc23)OC(=O)N1Nc1ccc(C)cc1C. The molecular weight excluding hydrogens is 344 g/mol. The van der Waals surface area contributed by atoms with Crippen LogP contribution >= 0.6 is 0 Å². The molecule has 0 radical (unpaired) electrons. The second kappa shape index (κ2) is 6.02. The Labute approximate surface area is 155 Å². The number of carbonyl (C=O) groups excluding carboxylic acids is 1. The van der Waals surface area contributed by atoms with Gasteiger partial charge in [0.05, 0.1) is 16.9 Å². The standard InChI is InChI=1S/C21H18N2O4/c1-11-5-7-16(13(3)9-11)22-23-14(4)19-17(26-21(23)25)8-6-15-12(2)10-18(24)27-20(15)19/h5-10,22H,4H2,1-3H3. The molecule has 4 rings (SSSR count). The van der Waals surface area contributed by atoms with Crippen molar-refractivity contribution in [2.75, 3.05) is 5.43 Å². The maximum Gasteiger partial charge on any atom is 0.438 e. The average molecular weight is 362 g/mol. The first kappa shape index (κ1) is 16.9. The fourth-order valence-electron chi connectivity index (χ4n) is 3.26. The van der Waals surface area contributed by atoms with E-state index in [2.05, 4.69) is 12.0 Å². The Morgan fingerprint density at radius 2 is 1.78 bits per heavy atom. The van der Waals surface area contributed by atoms with Gasteiger partial charge < -0.3 is 9.15 Å². The third kappa shape index (κ3) is 2.75. The van der Waals surface area contributed by atoms with Crippen LogP contribution in [0.3, 0.4) is 0 Å². The highest BCUT2D eigenvalue weighted by atomic mass is 16.6. The lowest BCUT2D eigenvalue weighted by atomic mass is 10.0. The minimum atomic E-state index is -0.609. The zero-order valence-electron chi connectivity index (χ0n) is 15.3. The second-order valence-corrected chi connectivity index (χ2v) is 6.64. The topological polar surface area (TPSA) is 71.8 Å². The van der Waals surface area contributed by atoms with Crippen molar-refractivity contribution in [1.29, 1.82) is 0 Å². The molecule has 1 aromatic heterocycles. The largest absolute Gasteiger partial charge is 0.438 e. The Balaban J connectivity index is 1.84. The maximum absolute atomic E-state index is 12.5. The molecule has 6 nitrogen and oxygen atoms in total. The molecule has 0 spiro atoms. The number of benzene rings is 2. The van der Waals surface area contributed by atoms with E-state index in [1.807, 2.05) is 39.0 Å². The number of fused-ring (bicyclic) bond motifs is 3. The Morgan fingerprint density at radius 3 is 2.52 bits per heavy atom. The summed E-state index contributed by atoms with van der Waals surface area (Å²) in [6.45, 7) is 9.81. The van der Waals surface area contributed by atoms with E-state index < -0.39 is 11.7 Å². The predicted octanol–water partition coefficient (Wildman–Crippen LogP) is 4.53. The summed E-state index contributed by atoms with van der Waals surface area (Å²) in [7, 11) is 0. The maximum atomic E-state index is 12.5. The summed E-state index contributed by atoms with van der Waals surface area (Å²) in [5.41, 5.74) is 7.38. The van der Waals surface area contributed by atoms with Gasteiger partial charge in [-0.15, -0.1) is 0 Å². The summed E-state index contributed by atoms with van der Waals surface area (Å²) >= 11 is 0. The molecule has 27 heavy (non-hydrogen) atoms. The molecule has 0 aliphatic carbocycles. The lowest BCUT2D eigenvalue weighted by Crippen LogP contribution is -2.40. The molecule has 0 bridgehead atoms. The Hall–Kier alpha value is -3.54. The van der Waals surface area contributed by atoms with Crippen LogP contribution in [-0.4, -0.2) is 11.1 Å². The molecule has 3 aromatic rings. The summed E-state index contributed by atoms with van der Waals surface area (Å²) in [6.07, 6.45) is -0.609. The Morgan fingerprint density at radius 1 is 1.00 bits per heavy atom. The number of nitrogens with one attached hydrogen (secondary N) is 1. The first-order chi connectivity index (χ1) is 12.8. The summed E-state index contributed by atoms with van der Waals surface area (Å²) in [6, 6.07) is 10.7. The molecule has 2 aromatic carbocycles. The van der Waals surface area contributed by atoms with Gasteiger partial charge in [-0.05, 0) is 50.1 Å². The fraction of sp³-hybridized carbons (Fsp3) is 0.143. The van der Waals surface area contributed by atoms with Gasteiger partial charge in [-0.3, -0.25) is 5.43 Å². The lowest BCUT2D eigenvalue weighted by Gasteiger charge is -2.31. The number of nitrogens with zero attached hydrogens (tertiary/aromatic N) is 1. The van der Waals surface area contributed by atoms with Crippen molar-refractivity contribution in [3.05, 3.63) is 75.7 Å². The summed E-state index contributed by atoms with van der Waals surface area (Å²) < 4.78 is 10.9. The molecule has 2 heterocycles. The first-order valence-electron chi connectivity index (χ1n) is 8.48. The highest BCUT2D eigenvalue weighted by Crippen LogP contribution is 2.39. The van der Waals surface area contributed by atoms with E-state index in [0.717, 1.165) is 27.8 Å². The third-order valence-electron chi connectivity index (χ3n) is 4.63. The van der Waals surface area contributed by atoms with Crippen molar-refractivity contribution in [3.63, 3.8) is 0 Å². The van der Waals surface area contributed by atoms with Crippen LogP contribution in [0.1, 0.15) is 22.3 Å². The molecule has 0 saturated carbocycles. The number of aryl methyl sites for hydroxylation is 3. The normalized spacial score (nSPS) is 13.5. The van der Waals surface area contributed by atoms with Crippen LogP contribution in [0.2, 0.25) is 0 Å². The number of ether oxygens (including phenoxy) is 1. The minimum absolute atomic E-state index is 0.310. The van der Waals surface area contributed by atoms with Crippen LogP contribution in [0.15, 0.2) is 52.2 Å². The van der Waals surface area contributed by atoms with Crippen LogP contribution in [0.5, 0.6) is 5.75 Å². The molecule has 1 amide bonds. The molecule has 1 N–H and O–H groups in total. The van der Waals surface area contributed by atoms with Crippen LogP contribution < -0.4 is 15.8 Å². The van der Waals surface area contributed by atoms with Crippen molar-refractivity contribution in [2.24, 2.45) is 0 Å². The smallest absolute Gasteiger partial charge is 0.422 e. The van der Waals surface area contributed by atoms with E-state index in [-0.39, 0.29) is 0 Å². The third-order valence-corrected chi connectivity index (χ3v) is 4.63. The van der Waals surface area contributed by atoms with Gasteiger partial charge in [-0.2, -0.15) is 5.01 Å². The van der Waals surface area contributed by atoms with E-state index in [4.69, 9.17) is 9.15 Å². The van der Waals surface area contributed by atoms with E-state index in [9.17, 15) is 9.59 Å². The zero-order valence-corrected chi connectivity index (χ0v) is 15.3. The minimum Gasteiger partial charge on any atom is -0.422 e. The molecule has 0 fully saturated rings. The van der Waals surface area contributed by atoms with Crippen LogP contribution in [0.4, 0.5) is 10.5 Å². The summed E-state index contributed by atoms with van der Waals surface area (Å²) in [4.78, 5) is 24.4. The molecular formula is C21H18N2O4. The van der Waals surface area contributed by atoms with E-state index in [0.29, 0.717) is 22.6 Å². The number of rotatable bonds is 2. The lowest BCUT2D eigenvalue weighted by molar-refractivity contribution is 0.175. The van der Waals surface area contributed by atoms with Gasteiger partial charge in [-0.25, -0.2) is 9.59 Å². The molecule has 1 aliphatic heterocycles. The van der Waals surface area contributed by atoms with Gasteiger partial charge in [0.15, 0.2) is 5.58 Å². The second-order valence-electron chi connectivity index (χ2n) is 6.64. The van der Waals surface area contributed by atoms with Gasteiger partial charge in [0.1, 0.15) is 5.75 Å². The number of amides is 1. The monoisotopic (exact) mass is 362 g/mol. The average Bonchev–Trinajstić information content (AvgIpc) is 2.59. The number of carbonyl (C=O) groups is 1. The van der Waals surface area contributed by atoms with Gasteiger partial charge in [0, 0.05) is 11.5 Å².